The van der Waals surface area contributed by atoms with Gasteiger partial charge in [0.15, 0.2) is 5.82 Å². The molecule has 0 saturated carbocycles. The average molecular weight is 431 g/mol. The Morgan fingerprint density at radius 1 is 1.09 bits per heavy atom. The van der Waals surface area contributed by atoms with Crippen molar-refractivity contribution in [1.29, 1.82) is 0 Å². The number of hydrogen-bond donors (Lipinski definition) is 1. The van der Waals surface area contributed by atoms with Crippen LogP contribution in [0.1, 0.15) is 30.0 Å². The number of aromatic nitrogens is 4. The quantitative estimate of drug-likeness (QED) is 0.521. The molecule has 1 aliphatic heterocycles. The number of piperidine rings is 1. The number of amides is 1. The number of rotatable bonds is 5. The zero-order chi connectivity index (χ0) is 22.1. The lowest BCUT2D eigenvalue weighted by Crippen LogP contribution is -2.40. The highest BCUT2D eigenvalue weighted by molar-refractivity contribution is 5.92. The van der Waals surface area contributed by atoms with Gasteiger partial charge >= 0.3 is 0 Å². The lowest BCUT2D eigenvalue weighted by Gasteiger charge is -2.31. The second-order valence-electron chi connectivity index (χ2n) is 8.22. The fourth-order valence-electron chi connectivity index (χ4n) is 4.43. The Morgan fingerprint density at radius 3 is 2.59 bits per heavy atom. The molecular formula is C24H26N6O2. The van der Waals surface area contributed by atoms with Crippen molar-refractivity contribution >= 4 is 22.6 Å². The van der Waals surface area contributed by atoms with E-state index in [9.17, 15) is 4.79 Å². The predicted octanol–water partition coefficient (Wildman–Crippen LogP) is 3.56. The predicted molar refractivity (Wildman–Crippen MR) is 122 cm³/mol. The van der Waals surface area contributed by atoms with E-state index in [4.69, 9.17) is 9.52 Å². The van der Waals surface area contributed by atoms with Gasteiger partial charge in [0.25, 0.3) is 0 Å². The summed E-state index contributed by atoms with van der Waals surface area (Å²) in [5, 5.41) is 17.9. The van der Waals surface area contributed by atoms with Crippen LogP contribution in [0.4, 0.5) is 5.82 Å². The van der Waals surface area contributed by atoms with Crippen molar-refractivity contribution in [1.82, 2.24) is 25.3 Å². The first-order valence-electron chi connectivity index (χ1n) is 10.9. The molecule has 5 rings (SSSR count). The number of hydrogen-bond acceptors (Lipinski definition) is 6. The molecule has 8 heteroatoms. The number of nitrogens with one attached hydrogen (secondary N) is 1. The number of furan rings is 1. The number of fused-ring (bicyclic) bond motifs is 1. The number of carbonyl (C=O) groups excluding carboxylic acids is 1. The summed E-state index contributed by atoms with van der Waals surface area (Å²) in [5.41, 5.74) is 3.79. The molecule has 3 aromatic heterocycles. The Labute approximate surface area is 186 Å². The van der Waals surface area contributed by atoms with Gasteiger partial charge in [-0.1, -0.05) is 18.2 Å². The molecule has 1 aliphatic rings. The Morgan fingerprint density at radius 2 is 1.88 bits per heavy atom. The first-order valence-corrected chi connectivity index (χ1v) is 10.9. The van der Waals surface area contributed by atoms with Crippen LogP contribution in [0.2, 0.25) is 0 Å². The maximum absolute atomic E-state index is 12.6. The summed E-state index contributed by atoms with van der Waals surface area (Å²) in [4.78, 5) is 14.8. The minimum atomic E-state index is -0.0151. The summed E-state index contributed by atoms with van der Waals surface area (Å²) in [7, 11) is 0. The van der Waals surface area contributed by atoms with Gasteiger partial charge in [0.05, 0.1) is 35.3 Å². The minimum Gasteiger partial charge on any atom is -0.467 e. The van der Waals surface area contributed by atoms with Crippen LogP contribution < -0.4 is 10.2 Å². The lowest BCUT2D eigenvalue weighted by atomic mass is 9.95. The Hall–Kier alpha value is -3.68. The lowest BCUT2D eigenvalue weighted by molar-refractivity contribution is -0.125. The fourth-order valence-corrected chi connectivity index (χ4v) is 4.43. The van der Waals surface area contributed by atoms with Crippen molar-refractivity contribution in [2.75, 3.05) is 18.0 Å². The Balaban J connectivity index is 1.34. The summed E-state index contributed by atoms with van der Waals surface area (Å²) < 4.78 is 7.25. The minimum absolute atomic E-state index is 0.0151. The van der Waals surface area contributed by atoms with Gasteiger partial charge in [-0.3, -0.25) is 4.79 Å². The maximum Gasteiger partial charge on any atom is 0.223 e. The topological polar surface area (TPSA) is 89.1 Å². The first kappa shape index (κ1) is 20.2. The average Bonchev–Trinajstić information content (AvgIpc) is 3.47. The molecule has 0 radical (unpaired) electrons. The van der Waals surface area contributed by atoms with Crippen LogP contribution in [-0.4, -0.2) is 39.0 Å². The van der Waals surface area contributed by atoms with E-state index in [1.165, 1.54) is 0 Å². The van der Waals surface area contributed by atoms with Crippen molar-refractivity contribution in [2.24, 2.45) is 5.92 Å². The monoisotopic (exact) mass is 430 g/mol. The first-order chi connectivity index (χ1) is 15.6. The summed E-state index contributed by atoms with van der Waals surface area (Å²) >= 11 is 0. The van der Waals surface area contributed by atoms with Gasteiger partial charge in [-0.2, -0.15) is 10.2 Å². The van der Waals surface area contributed by atoms with E-state index in [-0.39, 0.29) is 11.8 Å². The molecule has 1 aromatic carbocycles. The molecule has 164 valence electrons. The van der Waals surface area contributed by atoms with Crippen molar-refractivity contribution < 1.29 is 9.21 Å². The van der Waals surface area contributed by atoms with Gasteiger partial charge in [0, 0.05) is 19.0 Å². The SMILES string of the molecule is Cc1nnc(N2CCC(C(=O)NCc3ccco3)CC2)c2nn(-c3ccccc3)c(C)c12. The molecule has 1 saturated heterocycles. The molecule has 8 nitrogen and oxygen atoms in total. The third kappa shape index (κ3) is 3.72. The molecule has 4 aromatic rings. The zero-order valence-electron chi connectivity index (χ0n) is 18.3. The van der Waals surface area contributed by atoms with Crippen LogP contribution in [0.15, 0.2) is 53.1 Å². The van der Waals surface area contributed by atoms with Crippen LogP contribution in [0, 0.1) is 19.8 Å². The van der Waals surface area contributed by atoms with Gasteiger partial charge in [-0.25, -0.2) is 4.68 Å². The maximum atomic E-state index is 12.6. The standard InChI is InChI=1S/C24H26N6O2/c1-16-21-17(2)30(19-7-4-3-5-8-19)28-22(21)23(27-26-16)29-12-10-18(11-13-29)24(31)25-15-20-9-6-14-32-20/h3-9,14,18H,10-13,15H2,1-2H3,(H,25,31). The van der Waals surface area contributed by atoms with Gasteiger partial charge in [0.1, 0.15) is 11.3 Å². The highest BCUT2D eigenvalue weighted by Gasteiger charge is 2.28. The largest absolute Gasteiger partial charge is 0.467 e. The summed E-state index contributed by atoms with van der Waals surface area (Å²) in [6, 6.07) is 13.8. The van der Waals surface area contributed by atoms with E-state index in [1.54, 1.807) is 6.26 Å². The van der Waals surface area contributed by atoms with Crippen LogP contribution in [0.25, 0.3) is 16.6 Å². The van der Waals surface area contributed by atoms with E-state index >= 15 is 0 Å². The van der Waals surface area contributed by atoms with Gasteiger partial charge in [-0.05, 0) is 51.0 Å². The number of nitrogens with zero attached hydrogens (tertiary/aromatic N) is 5. The molecule has 0 unspecified atom stereocenters. The number of carbonyl (C=O) groups is 1. The van der Waals surface area contributed by atoms with Crippen LogP contribution in [0.3, 0.4) is 0 Å². The Kier molecular flexibility index (Phi) is 5.34. The fraction of sp³-hybridized carbons (Fsp3) is 0.333. The smallest absolute Gasteiger partial charge is 0.223 e. The second kappa shape index (κ2) is 8.45. The van der Waals surface area contributed by atoms with E-state index in [2.05, 4.69) is 27.3 Å². The molecule has 32 heavy (non-hydrogen) atoms. The molecule has 0 aliphatic carbocycles. The van der Waals surface area contributed by atoms with Crippen molar-refractivity contribution in [3.63, 3.8) is 0 Å². The van der Waals surface area contributed by atoms with E-state index in [0.717, 1.165) is 65.5 Å². The molecule has 1 N–H and O–H groups in total. The van der Waals surface area contributed by atoms with Gasteiger partial charge < -0.3 is 14.6 Å². The summed E-state index contributed by atoms with van der Waals surface area (Å²) in [5.74, 6) is 1.61. The number of benzene rings is 1. The van der Waals surface area contributed by atoms with Gasteiger partial charge in [-0.15, -0.1) is 5.10 Å². The van der Waals surface area contributed by atoms with E-state index < -0.39 is 0 Å². The third-order valence-electron chi connectivity index (χ3n) is 6.17. The molecule has 1 fully saturated rings. The van der Waals surface area contributed by atoms with E-state index in [0.29, 0.717) is 6.54 Å². The van der Waals surface area contributed by atoms with Gasteiger partial charge in [0.2, 0.25) is 5.91 Å². The van der Waals surface area contributed by atoms with Crippen molar-refractivity contribution in [2.45, 2.75) is 33.2 Å². The molecule has 0 atom stereocenters. The molecule has 0 spiro atoms. The Bertz CT molecular complexity index is 1220. The number of anilines is 1. The van der Waals surface area contributed by atoms with Crippen molar-refractivity contribution in [3.8, 4) is 5.69 Å². The number of para-hydroxylation sites is 1. The molecule has 0 bridgehead atoms. The molecule has 1 amide bonds. The normalized spacial score (nSPS) is 14.8. The van der Waals surface area contributed by atoms with E-state index in [1.807, 2.05) is 54.1 Å². The van der Waals surface area contributed by atoms with Crippen LogP contribution in [0.5, 0.6) is 0 Å². The van der Waals surface area contributed by atoms with Crippen LogP contribution in [-0.2, 0) is 11.3 Å². The van der Waals surface area contributed by atoms with Crippen molar-refractivity contribution in [3.05, 3.63) is 65.9 Å². The summed E-state index contributed by atoms with van der Waals surface area (Å²) in [6.07, 6.45) is 3.14. The summed E-state index contributed by atoms with van der Waals surface area (Å²) in [6.45, 7) is 5.94. The molecular weight excluding hydrogens is 404 g/mol. The number of aryl methyl sites for hydroxylation is 2. The third-order valence-corrected chi connectivity index (χ3v) is 6.17. The van der Waals surface area contributed by atoms with Crippen LogP contribution >= 0.6 is 0 Å². The molecule has 4 heterocycles. The highest BCUT2D eigenvalue weighted by atomic mass is 16.3. The highest BCUT2D eigenvalue weighted by Crippen LogP contribution is 2.31. The zero-order valence-corrected chi connectivity index (χ0v) is 18.3. The second-order valence-corrected chi connectivity index (χ2v) is 8.22.